The first kappa shape index (κ1) is 11.3. The molecule has 3 nitrogen and oxygen atoms in total. The number of hydrogen-bond donors (Lipinski definition) is 0. The average molecular weight is 242 g/mol. The zero-order valence-corrected chi connectivity index (χ0v) is 8.61. The third-order valence-electron chi connectivity index (χ3n) is 1.44. The van der Waals surface area contributed by atoms with Crippen LogP contribution in [0.4, 0.5) is 8.78 Å². The van der Waals surface area contributed by atoms with Crippen LogP contribution in [-0.2, 0) is 9.05 Å². The van der Waals surface area contributed by atoms with Crippen molar-refractivity contribution in [1.82, 2.24) is 4.98 Å². The minimum absolute atomic E-state index is 0.370. The van der Waals surface area contributed by atoms with Crippen LogP contribution in [0, 0.1) is 6.92 Å². The Morgan fingerprint density at radius 1 is 1.43 bits per heavy atom. The van der Waals surface area contributed by atoms with E-state index in [4.69, 9.17) is 10.7 Å². The summed E-state index contributed by atoms with van der Waals surface area (Å²) in [5.74, 6) is 0. The minimum atomic E-state index is -4.05. The average Bonchev–Trinajstić information content (AvgIpc) is 2.01. The van der Waals surface area contributed by atoms with E-state index >= 15 is 0 Å². The van der Waals surface area contributed by atoms with Gasteiger partial charge in [-0.2, -0.15) is 0 Å². The number of aryl methyl sites for hydroxylation is 1. The summed E-state index contributed by atoms with van der Waals surface area (Å²) in [7, 11) is 0.918. The van der Waals surface area contributed by atoms with E-state index in [-0.39, 0.29) is 0 Å². The van der Waals surface area contributed by atoms with Gasteiger partial charge in [0.05, 0.1) is 0 Å². The second-order valence-electron chi connectivity index (χ2n) is 2.65. The molecule has 0 bridgehead atoms. The number of alkyl halides is 2. The smallest absolute Gasteiger partial charge is 0.234 e. The molecule has 0 saturated heterocycles. The zero-order chi connectivity index (χ0) is 10.9. The molecule has 0 spiro atoms. The maximum atomic E-state index is 12.2. The van der Waals surface area contributed by atoms with Crippen molar-refractivity contribution < 1.29 is 17.2 Å². The van der Waals surface area contributed by atoms with Gasteiger partial charge in [0.1, 0.15) is 5.69 Å². The van der Waals surface area contributed by atoms with E-state index in [1.54, 1.807) is 0 Å². The number of pyridine rings is 1. The molecule has 0 atom stereocenters. The van der Waals surface area contributed by atoms with Crippen LogP contribution in [-0.4, -0.2) is 13.4 Å². The van der Waals surface area contributed by atoms with Crippen LogP contribution in [0.25, 0.3) is 0 Å². The van der Waals surface area contributed by atoms with Crippen LogP contribution in [0.1, 0.15) is 17.7 Å². The van der Waals surface area contributed by atoms with E-state index in [0.717, 1.165) is 12.1 Å². The molecule has 7 heteroatoms. The summed E-state index contributed by atoms with van der Waals surface area (Å²) in [4.78, 5) is 3.23. The summed E-state index contributed by atoms with van der Waals surface area (Å²) >= 11 is 0. The molecule has 0 unspecified atom stereocenters. The Kier molecular flexibility index (Phi) is 3.06. The molecule has 0 amide bonds. The number of halogens is 3. The molecule has 1 aromatic heterocycles. The molecule has 0 aliphatic rings. The topological polar surface area (TPSA) is 47.0 Å². The Bertz CT molecular complexity index is 447. The lowest BCUT2D eigenvalue weighted by atomic mass is 10.2. The number of rotatable bonds is 2. The van der Waals surface area contributed by atoms with Crippen LogP contribution in [0.15, 0.2) is 17.2 Å². The number of hydrogen-bond acceptors (Lipinski definition) is 3. The maximum absolute atomic E-state index is 12.2. The third kappa shape index (κ3) is 2.62. The lowest BCUT2D eigenvalue weighted by Gasteiger charge is -2.02. The predicted molar refractivity (Wildman–Crippen MR) is 47.0 cm³/mol. The molecule has 0 N–H and O–H groups in total. The molecule has 0 aliphatic heterocycles. The van der Waals surface area contributed by atoms with Crippen molar-refractivity contribution >= 4 is 19.7 Å². The van der Waals surface area contributed by atoms with Gasteiger partial charge in [-0.3, -0.25) is 0 Å². The summed E-state index contributed by atoms with van der Waals surface area (Å²) < 4.78 is 46.1. The summed E-state index contributed by atoms with van der Waals surface area (Å²) in [6.45, 7) is 1.49. The monoisotopic (exact) mass is 241 g/mol. The molecule has 0 saturated carbocycles. The molecular weight excluding hydrogens is 236 g/mol. The fourth-order valence-corrected chi connectivity index (χ4v) is 1.68. The Hall–Kier alpha value is -0.750. The van der Waals surface area contributed by atoms with Gasteiger partial charge in [-0.15, -0.1) is 0 Å². The second-order valence-corrected chi connectivity index (χ2v) is 5.16. The maximum Gasteiger partial charge on any atom is 0.280 e. The van der Waals surface area contributed by atoms with E-state index in [0.29, 0.717) is 5.56 Å². The largest absolute Gasteiger partial charge is 0.280 e. The van der Waals surface area contributed by atoms with Crippen LogP contribution >= 0.6 is 10.7 Å². The molecule has 1 aromatic rings. The number of aromatic nitrogens is 1. The van der Waals surface area contributed by atoms with Gasteiger partial charge in [0, 0.05) is 10.7 Å². The Labute approximate surface area is 84.1 Å². The highest BCUT2D eigenvalue weighted by molar-refractivity contribution is 8.13. The van der Waals surface area contributed by atoms with Crippen LogP contribution in [0.2, 0.25) is 0 Å². The van der Waals surface area contributed by atoms with Gasteiger partial charge < -0.3 is 0 Å². The van der Waals surface area contributed by atoms with Crippen molar-refractivity contribution in [2.24, 2.45) is 0 Å². The lowest BCUT2D eigenvalue weighted by Crippen LogP contribution is -2.00. The molecule has 0 aliphatic carbocycles. The van der Waals surface area contributed by atoms with Crippen molar-refractivity contribution in [1.29, 1.82) is 0 Å². The van der Waals surface area contributed by atoms with Crippen molar-refractivity contribution in [2.45, 2.75) is 18.4 Å². The first-order valence-electron chi connectivity index (χ1n) is 3.52. The fraction of sp³-hybridized carbons (Fsp3) is 0.286. The first-order valence-corrected chi connectivity index (χ1v) is 5.83. The molecule has 0 aromatic carbocycles. The van der Waals surface area contributed by atoms with E-state index in [1.807, 2.05) is 0 Å². The molecule has 14 heavy (non-hydrogen) atoms. The summed E-state index contributed by atoms with van der Waals surface area (Å²) in [5.41, 5.74) is -0.223. The number of nitrogens with zero attached hydrogens (tertiary/aromatic N) is 1. The first-order chi connectivity index (χ1) is 6.30. The molecule has 1 rings (SSSR count). The third-order valence-corrected chi connectivity index (χ3v) is 2.62. The van der Waals surface area contributed by atoms with Crippen molar-refractivity contribution in [3.8, 4) is 0 Å². The van der Waals surface area contributed by atoms with Gasteiger partial charge in [0.2, 0.25) is 0 Å². The van der Waals surface area contributed by atoms with E-state index in [1.165, 1.54) is 6.92 Å². The van der Waals surface area contributed by atoms with Gasteiger partial charge >= 0.3 is 0 Å². The van der Waals surface area contributed by atoms with Crippen LogP contribution in [0.3, 0.4) is 0 Å². The SMILES string of the molecule is Cc1cc(C(F)F)nc(S(=O)(=O)Cl)c1. The van der Waals surface area contributed by atoms with Gasteiger partial charge in [-0.25, -0.2) is 22.2 Å². The van der Waals surface area contributed by atoms with Crippen molar-refractivity contribution in [3.63, 3.8) is 0 Å². The highest BCUT2D eigenvalue weighted by Gasteiger charge is 2.17. The molecule has 0 fully saturated rings. The van der Waals surface area contributed by atoms with Crippen molar-refractivity contribution in [2.75, 3.05) is 0 Å². The second kappa shape index (κ2) is 3.78. The Morgan fingerprint density at radius 3 is 2.43 bits per heavy atom. The van der Waals surface area contributed by atoms with E-state index in [2.05, 4.69) is 4.98 Å². The Balaban J connectivity index is 3.35. The molecule has 78 valence electrons. The normalized spacial score (nSPS) is 12.1. The fourth-order valence-electron chi connectivity index (χ4n) is 0.898. The molecular formula is C7H6ClF2NO2S. The lowest BCUT2D eigenvalue weighted by molar-refractivity contribution is 0.145. The van der Waals surface area contributed by atoms with Crippen LogP contribution in [0.5, 0.6) is 0 Å². The predicted octanol–water partition coefficient (Wildman–Crippen LogP) is 2.26. The van der Waals surface area contributed by atoms with Gasteiger partial charge in [-0.05, 0) is 24.6 Å². The van der Waals surface area contributed by atoms with Gasteiger partial charge in [-0.1, -0.05) is 0 Å². The molecule has 1 heterocycles. The summed E-state index contributed by atoms with van der Waals surface area (Å²) in [5, 5.41) is -0.547. The summed E-state index contributed by atoms with van der Waals surface area (Å²) in [6, 6.07) is 2.24. The van der Waals surface area contributed by atoms with E-state index < -0.39 is 26.2 Å². The van der Waals surface area contributed by atoms with Gasteiger partial charge in [0.25, 0.3) is 15.5 Å². The van der Waals surface area contributed by atoms with Crippen LogP contribution < -0.4 is 0 Å². The van der Waals surface area contributed by atoms with E-state index in [9.17, 15) is 17.2 Å². The van der Waals surface area contributed by atoms with Crippen molar-refractivity contribution in [3.05, 3.63) is 23.4 Å². The highest BCUT2D eigenvalue weighted by Crippen LogP contribution is 2.21. The van der Waals surface area contributed by atoms with Gasteiger partial charge in [0.15, 0.2) is 5.03 Å². The quantitative estimate of drug-likeness (QED) is 0.746. The highest BCUT2D eigenvalue weighted by atomic mass is 35.7. The minimum Gasteiger partial charge on any atom is -0.234 e. The standard InChI is InChI=1S/C7H6ClF2NO2S/c1-4-2-5(7(9)10)11-6(3-4)14(8,12)13/h2-3,7H,1H3. The zero-order valence-electron chi connectivity index (χ0n) is 7.04. The Morgan fingerprint density at radius 2 is 2.00 bits per heavy atom. The summed E-state index contributed by atoms with van der Waals surface area (Å²) in [6.07, 6.45) is -2.81. The molecule has 0 radical (unpaired) electrons.